The quantitative estimate of drug-likeness (QED) is 0.510. The molecule has 0 fully saturated rings. The number of rotatable bonds is 1. The predicted molar refractivity (Wildman–Crippen MR) is 76.5 cm³/mol. The second kappa shape index (κ2) is 3.82. The van der Waals surface area contributed by atoms with Crippen molar-refractivity contribution in [3.63, 3.8) is 0 Å². The van der Waals surface area contributed by atoms with Gasteiger partial charge in [0.2, 0.25) is 0 Å². The first-order valence-corrected chi connectivity index (χ1v) is 6.41. The van der Waals surface area contributed by atoms with Crippen molar-refractivity contribution in [2.75, 3.05) is 7.11 Å². The number of hydrogen-bond donors (Lipinski definition) is 0. The van der Waals surface area contributed by atoms with Gasteiger partial charge in [-0.1, -0.05) is 18.2 Å². The van der Waals surface area contributed by atoms with E-state index in [2.05, 4.69) is 36.4 Å². The van der Waals surface area contributed by atoms with Crippen molar-refractivity contribution >= 4 is 10.9 Å². The van der Waals surface area contributed by atoms with Crippen molar-refractivity contribution in [2.45, 2.75) is 6.42 Å². The number of pyridine rings is 1. The van der Waals surface area contributed by atoms with E-state index in [-0.39, 0.29) is 0 Å². The first kappa shape index (κ1) is 10.6. The highest BCUT2D eigenvalue weighted by molar-refractivity contribution is 5.86. The van der Waals surface area contributed by atoms with E-state index in [1.165, 1.54) is 22.1 Å². The number of methoxy groups -OCH3 is 1. The summed E-state index contributed by atoms with van der Waals surface area (Å²) in [5, 5.41) is 1.21. The van der Waals surface area contributed by atoms with Crippen LogP contribution in [0.1, 0.15) is 11.1 Å². The second-order valence-corrected chi connectivity index (χ2v) is 4.89. The van der Waals surface area contributed by atoms with Gasteiger partial charge in [-0.15, -0.1) is 0 Å². The van der Waals surface area contributed by atoms with Crippen LogP contribution in [0, 0.1) is 0 Å². The van der Waals surface area contributed by atoms with Gasteiger partial charge in [-0.25, -0.2) is 4.98 Å². The summed E-state index contributed by atoms with van der Waals surface area (Å²) in [4.78, 5) is 4.81. The van der Waals surface area contributed by atoms with Crippen LogP contribution in [-0.4, -0.2) is 12.1 Å². The SMILES string of the molecule is COc1ccc2c(c1)Cc1cc3ccccc3nc1-2. The molecule has 0 unspecified atom stereocenters. The van der Waals surface area contributed by atoms with Gasteiger partial charge >= 0.3 is 0 Å². The highest BCUT2D eigenvalue weighted by Crippen LogP contribution is 2.38. The summed E-state index contributed by atoms with van der Waals surface area (Å²) in [6.45, 7) is 0. The molecule has 1 aromatic heterocycles. The van der Waals surface area contributed by atoms with Gasteiger partial charge in [0.15, 0.2) is 0 Å². The molecule has 92 valence electrons. The average Bonchev–Trinajstić information content (AvgIpc) is 2.81. The molecule has 1 heterocycles. The van der Waals surface area contributed by atoms with Crippen LogP contribution in [0.5, 0.6) is 5.75 Å². The van der Waals surface area contributed by atoms with Crippen LogP contribution in [0.2, 0.25) is 0 Å². The topological polar surface area (TPSA) is 22.1 Å². The molecule has 0 saturated carbocycles. The van der Waals surface area contributed by atoms with Gasteiger partial charge in [-0.3, -0.25) is 0 Å². The summed E-state index contributed by atoms with van der Waals surface area (Å²) in [7, 11) is 1.70. The van der Waals surface area contributed by atoms with Crippen LogP contribution >= 0.6 is 0 Å². The highest BCUT2D eigenvalue weighted by atomic mass is 16.5. The fraction of sp³-hybridized carbons (Fsp3) is 0.118. The molecule has 0 bridgehead atoms. The van der Waals surface area contributed by atoms with Crippen LogP contribution in [0.15, 0.2) is 48.5 Å². The Hall–Kier alpha value is -2.35. The Morgan fingerprint density at radius 3 is 2.79 bits per heavy atom. The van der Waals surface area contributed by atoms with E-state index in [0.29, 0.717) is 0 Å². The fourth-order valence-electron chi connectivity index (χ4n) is 2.81. The first-order valence-electron chi connectivity index (χ1n) is 6.41. The minimum atomic E-state index is 0.913. The third kappa shape index (κ3) is 1.53. The van der Waals surface area contributed by atoms with Gasteiger partial charge in [0.05, 0.1) is 18.3 Å². The summed E-state index contributed by atoms with van der Waals surface area (Å²) in [5.74, 6) is 0.913. The molecule has 0 aliphatic heterocycles. The lowest BCUT2D eigenvalue weighted by molar-refractivity contribution is 0.414. The Kier molecular flexibility index (Phi) is 2.12. The molecule has 3 aromatic rings. The maximum atomic E-state index is 5.30. The Morgan fingerprint density at radius 1 is 1.00 bits per heavy atom. The van der Waals surface area contributed by atoms with Crippen LogP contribution in [0.3, 0.4) is 0 Å². The standard InChI is InChI=1S/C17H13NO/c1-19-14-6-7-15-12(10-14)9-13-8-11-4-2-3-5-16(11)18-17(13)15/h2-8,10H,9H2,1H3. The number of fused-ring (bicyclic) bond motifs is 4. The molecule has 1 aliphatic rings. The molecule has 0 amide bonds. The minimum absolute atomic E-state index is 0.913. The molecular formula is C17H13NO. The van der Waals surface area contributed by atoms with E-state index in [9.17, 15) is 0 Å². The zero-order valence-electron chi connectivity index (χ0n) is 10.7. The van der Waals surface area contributed by atoms with Gasteiger partial charge < -0.3 is 4.74 Å². The number of benzene rings is 2. The zero-order valence-corrected chi connectivity index (χ0v) is 10.7. The molecule has 0 atom stereocenters. The van der Waals surface area contributed by atoms with E-state index < -0.39 is 0 Å². The average molecular weight is 247 g/mol. The van der Waals surface area contributed by atoms with Crippen LogP contribution in [0.4, 0.5) is 0 Å². The summed E-state index contributed by atoms with van der Waals surface area (Å²) >= 11 is 0. The number of nitrogens with zero attached hydrogens (tertiary/aromatic N) is 1. The minimum Gasteiger partial charge on any atom is -0.497 e. The molecule has 19 heavy (non-hydrogen) atoms. The second-order valence-electron chi connectivity index (χ2n) is 4.89. The van der Waals surface area contributed by atoms with Crippen LogP contribution in [0.25, 0.3) is 22.2 Å². The molecule has 0 saturated heterocycles. The molecule has 0 spiro atoms. The fourth-order valence-corrected chi connectivity index (χ4v) is 2.81. The molecule has 2 aromatic carbocycles. The third-order valence-electron chi connectivity index (χ3n) is 3.75. The Balaban J connectivity index is 1.96. The molecule has 1 aliphatic carbocycles. The molecule has 4 rings (SSSR count). The predicted octanol–water partition coefficient (Wildman–Crippen LogP) is 3.81. The largest absolute Gasteiger partial charge is 0.497 e. The van der Waals surface area contributed by atoms with Crippen molar-refractivity contribution in [1.82, 2.24) is 4.98 Å². The maximum absolute atomic E-state index is 5.30. The lowest BCUT2D eigenvalue weighted by Gasteiger charge is -2.04. The normalized spacial score (nSPS) is 12.3. The van der Waals surface area contributed by atoms with E-state index in [0.717, 1.165) is 23.4 Å². The monoisotopic (exact) mass is 247 g/mol. The van der Waals surface area contributed by atoms with E-state index in [4.69, 9.17) is 9.72 Å². The smallest absolute Gasteiger partial charge is 0.119 e. The lowest BCUT2D eigenvalue weighted by atomic mass is 10.1. The van der Waals surface area contributed by atoms with E-state index in [1.54, 1.807) is 7.11 Å². The molecule has 0 radical (unpaired) electrons. The van der Waals surface area contributed by atoms with Crippen molar-refractivity contribution in [3.8, 4) is 17.0 Å². The number of hydrogen-bond acceptors (Lipinski definition) is 2. The number of para-hydroxylation sites is 1. The van der Waals surface area contributed by atoms with Crippen molar-refractivity contribution in [2.24, 2.45) is 0 Å². The van der Waals surface area contributed by atoms with Gasteiger partial charge in [0, 0.05) is 17.4 Å². The van der Waals surface area contributed by atoms with Crippen LogP contribution in [-0.2, 0) is 6.42 Å². The van der Waals surface area contributed by atoms with Crippen molar-refractivity contribution in [3.05, 3.63) is 59.7 Å². The van der Waals surface area contributed by atoms with Crippen LogP contribution < -0.4 is 4.74 Å². The Labute approximate surface area is 111 Å². The van der Waals surface area contributed by atoms with Gasteiger partial charge in [0.1, 0.15) is 5.75 Å². The molecular weight excluding hydrogens is 234 g/mol. The number of aromatic nitrogens is 1. The summed E-state index contributed by atoms with van der Waals surface area (Å²) < 4.78 is 5.30. The Morgan fingerprint density at radius 2 is 1.89 bits per heavy atom. The maximum Gasteiger partial charge on any atom is 0.119 e. The summed E-state index contributed by atoms with van der Waals surface area (Å²) in [6.07, 6.45) is 0.944. The van der Waals surface area contributed by atoms with Crippen molar-refractivity contribution in [1.29, 1.82) is 0 Å². The van der Waals surface area contributed by atoms with E-state index >= 15 is 0 Å². The lowest BCUT2D eigenvalue weighted by Crippen LogP contribution is -1.86. The third-order valence-corrected chi connectivity index (χ3v) is 3.75. The summed E-state index contributed by atoms with van der Waals surface area (Å²) in [5.41, 5.74) is 6.03. The first-order chi connectivity index (χ1) is 9.35. The number of ether oxygens (including phenoxy) is 1. The van der Waals surface area contributed by atoms with Gasteiger partial charge in [0.25, 0.3) is 0 Å². The Bertz CT molecular complexity index is 792. The van der Waals surface area contributed by atoms with E-state index in [1.807, 2.05) is 12.1 Å². The molecule has 2 nitrogen and oxygen atoms in total. The van der Waals surface area contributed by atoms with Gasteiger partial charge in [-0.05, 0) is 41.5 Å². The molecule has 2 heteroatoms. The highest BCUT2D eigenvalue weighted by Gasteiger charge is 2.20. The summed E-state index contributed by atoms with van der Waals surface area (Å²) in [6, 6.07) is 16.8. The zero-order chi connectivity index (χ0) is 12.8. The van der Waals surface area contributed by atoms with Crippen molar-refractivity contribution < 1.29 is 4.74 Å². The van der Waals surface area contributed by atoms with Gasteiger partial charge in [-0.2, -0.15) is 0 Å². The molecule has 0 N–H and O–H groups in total.